The standard InChI is InChI=1S/C16H17FN2O/c1-4-8-19-10(2)14(15(11(19)3)16(18)20)12-6-5-7-13(17)9-12/h4-7,9H,1,8H2,2-3H3,(H2,18,20). The van der Waals surface area contributed by atoms with Gasteiger partial charge < -0.3 is 10.3 Å². The van der Waals surface area contributed by atoms with Gasteiger partial charge in [-0.15, -0.1) is 6.58 Å². The minimum absolute atomic E-state index is 0.341. The third kappa shape index (κ3) is 2.25. The van der Waals surface area contributed by atoms with Crippen molar-refractivity contribution in [1.29, 1.82) is 0 Å². The number of benzene rings is 1. The van der Waals surface area contributed by atoms with Gasteiger partial charge in [-0.3, -0.25) is 4.79 Å². The van der Waals surface area contributed by atoms with E-state index in [0.717, 1.165) is 11.4 Å². The van der Waals surface area contributed by atoms with Crippen molar-refractivity contribution in [2.24, 2.45) is 5.73 Å². The zero-order valence-corrected chi connectivity index (χ0v) is 11.6. The normalized spacial score (nSPS) is 10.6. The number of carbonyl (C=O) groups is 1. The van der Waals surface area contributed by atoms with Gasteiger partial charge in [-0.05, 0) is 31.5 Å². The lowest BCUT2D eigenvalue weighted by atomic mass is 10.00. The Morgan fingerprint density at radius 1 is 1.40 bits per heavy atom. The molecule has 20 heavy (non-hydrogen) atoms. The molecule has 1 heterocycles. The average molecular weight is 272 g/mol. The predicted molar refractivity (Wildman–Crippen MR) is 78.0 cm³/mol. The largest absolute Gasteiger partial charge is 0.366 e. The molecular weight excluding hydrogens is 255 g/mol. The van der Waals surface area contributed by atoms with E-state index in [9.17, 15) is 9.18 Å². The number of nitrogens with two attached hydrogens (primary N) is 1. The maximum Gasteiger partial charge on any atom is 0.251 e. The number of hydrogen-bond donors (Lipinski definition) is 1. The van der Waals surface area contributed by atoms with Crippen molar-refractivity contribution in [3.8, 4) is 11.1 Å². The van der Waals surface area contributed by atoms with Crippen LogP contribution in [0.25, 0.3) is 11.1 Å². The lowest BCUT2D eigenvalue weighted by Crippen LogP contribution is -2.13. The highest BCUT2D eigenvalue weighted by Crippen LogP contribution is 2.32. The number of carbonyl (C=O) groups excluding carboxylic acids is 1. The molecule has 0 bridgehead atoms. The van der Waals surface area contributed by atoms with E-state index in [1.165, 1.54) is 12.1 Å². The van der Waals surface area contributed by atoms with Crippen LogP contribution in [0.1, 0.15) is 21.7 Å². The first kappa shape index (κ1) is 14.1. The Morgan fingerprint density at radius 3 is 2.65 bits per heavy atom. The van der Waals surface area contributed by atoms with Gasteiger partial charge in [-0.25, -0.2) is 4.39 Å². The van der Waals surface area contributed by atoms with Gasteiger partial charge in [0, 0.05) is 23.5 Å². The highest BCUT2D eigenvalue weighted by molar-refractivity contribution is 6.02. The molecule has 0 unspecified atom stereocenters. The minimum atomic E-state index is -0.507. The topological polar surface area (TPSA) is 48.0 Å². The van der Waals surface area contributed by atoms with Gasteiger partial charge in [0.15, 0.2) is 0 Å². The Bertz CT molecular complexity index is 686. The smallest absolute Gasteiger partial charge is 0.251 e. The number of rotatable bonds is 4. The van der Waals surface area contributed by atoms with Crippen LogP contribution in [-0.4, -0.2) is 10.5 Å². The van der Waals surface area contributed by atoms with Crippen molar-refractivity contribution in [3.63, 3.8) is 0 Å². The lowest BCUT2D eigenvalue weighted by Gasteiger charge is -2.06. The molecule has 0 aliphatic rings. The van der Waals surface area contributed by atoms with Gasteiger partial charge in [0.2, 0.25) is 0 Å². The number of primary amides is 1. The Labute approximate surface area is 117 Å². The molecule has 0 aliphatic carbocycles. The number of aromatic nitrogens is 1. The summed E-state index contributed by atoms with van der Waals surface area (Å²) in [5.41, 5.74) is 8.93. The van der Waals surface area contributed by atoms with Crippen LogP contribution < -0.4 is 5.73 Å². The molecule has 104 valence electrons. The fourth-order valence-electron chi connectivity index (χ4n) is 2.58. The van der Waals surface area contributed by atoms with E-state index < -0.39 is 5.91 Å². The van der Waals surface area contributed by atoms with E-state index in [-0.39, 0.29) is 5.82 Å². The maximum absolute atomic E-state index is 13.4. The van der Waals surface area contributed by atoms with Crippen LogP contribution in [0, 0.1) is 19.7 Å². The summed E-state index contributed by atoms with van der Waals surface area (Å²) in [6.45, 7) is 8.01. The summed E-state index contributed by atoms with van der Waals surface area (Å²) in [4.78, 5) is 11.8. The third-order valence-corrected chi connectivity index (χ3v) is 3.45. The Morgan fingerprint density at radius 2 is 2.10 bits per heavy atom. The third-order valence-electron chi connectivity index (χ3n) is 3.45. The second-order valence-electron chi connectivity index (χ2n) is 4.69. The molecule has 0 saturated carbocycles. The molecule has 3 nitrogen and oxygen atoms in total. The quantitative estimate of drug-likeness (QED) is 0.854. The number of amides is 1. The number of halogens is 1. The fraction of sp³-hybridized carbons (Fsp3) is 0.188. The second kappa shape index (κ2) is 5.33. The average Bonchev–Trinajstić information content (AvgIpc) is 2.63. The van der Waals surface area contributed by atoms with Gasteiger partial charge in [-0.2, -0.15) is 0 Å². The van der Waals surface area contributed by atoms with Crippen molar-refractivity contribution >= 4 is 5.91 Å². The molecule has 0 fully saturated rings. The van der Waals surface area contributed by atoms with Crippen molar-refractivity contribution in [1.82, 2.24) is 4.57 Å². The summed E-state index contributed by atoms with van der Waals surface area (Å²) >= 11 is 0. The Hall–Kier alpha value is -2.36. The van der Waals surface area contributed by atoms with Gasteiger partial charge >= 0.3 is 0 Å². The molecule has 1 aromatic carbocycles. The summed E-state index contributed by atoms with van der Waals surface area (Å²) < 4.78 is 15.4. The van der Waals surface area contributed by atoms with Gasteiger partial charge in [-0.1, -0.05) is 18.2 Å². The Kier molecular flexibility index (Phi) is 3.74. The highest BCUT2D eigenvalue weighted by atomic mass is 19.1. The van der Waals surface area contributed by atoms with Crippen molar-refractivity contribution in [3.05, 3.63) is 59.7 Å². The molecule has 0 radical (unpaired) electrons. The molecule has 1 aromatic heterocycles. The van der Waals surface area contributed by atoms with Crippen LogP contribution in [0.3, 0.4) is 0 Å². The second-order valence-corrected chi connectivity index (χ2v) is 4.69. The van der Waals surface area contributed by atoms with Crippen LogP contribution in [0.5, 0.6) is 0 Å². The fourth-order valence-corrected chi connectivity index (χ4v) is 2.58. The van der Waals surface area contributed by atoms with E-state index in [2.05, 4.69) is 6.58 Å². The number of allylic oxidation sites excluding steroid dienone is 1. The van der Waals surface area contributed by atoms with Gasteiger partial charge in [0.05, 0.1) is 5.56 Å². The van der Waals surface area contributed by atoms with E-state index in [0.29, 0.717) is 23.2 Å². The zero-order chi connectivity index (χ0) is 14.9. The van der Waals surface area contributed by atoms with Crippen LogP contribution in [0.15, 0.2) is 36.9 Å². The van der Waals surface area contributed by atoms with E-state index in [4.69, 9.17) is 5.73 Å². The molecule has 0 atom stereocenters. The molecule has 0 spiro atoms. The maximum atomic E-state index is 13.4. The Balaban J connectivity index is 2.77. The molecule has 0 saturated heterocycles. The number of hydrogen-bond acceptors (Lipinski definition) is 1. The summed E-state index contributed by atoms with van der Waals surface area (Å²) in [5, 5.41) is 0. The molecule has 4 heteroatoms. The molecule has 2 aromatic rings. The first-order chi connectivity index (χ1) is 9.47. The van der Waals surface area contributed by atoms with Crippen LogP contribution in [0.2, 0.25) is 0 Å². The van der Waals surface area contributed by atoms with E-state index in [1.807, 2.05) is 18.4 Å². The number of nitrogens with zero attached hydrogens (tertiary/aromatic N) is 1. The SMILES string of the molecule is C=CCn1c(C)c(C(N)=O)c(-c2cccc(F)c2)c1C. The van der Waals surface area contributed by atoms with Crippen molar-refractivity contribution < 1.29 is 9.18 Å². The summed E-state index contributed by atoms with van der Waals surface area (Å²) in [6, 6.07) is 6.17. The molecule has 1 amide bonds. The zero-order valence-electron chi connectivity index (χ0n) is 11.6. The van der Waals surface area contributed by atoms with Crippen molar-refractivity contribution in [2.75, 3.05) is 0 Å². The first-order valence-electron chi connectivity index (χ1n) is 6.33. The minimum Gasteiger partial charge on any atom is -0.366 e. The van der Waals surface area contributed by atoms with Gasteiger partial charge in [0.1, 0.15) is 5.82 Å². The monoisotopic (exact) mass is 272 g/mol. The lowest BCUT2D eigenvalue weighted by molar-refractivity contribution is 0.1000. The van der Waals surface area contributed by atoms with Crippen LogP contribution in [-0.2, 0) is 6.54 Å². The van der Waals surface area contributed by atoms with Crippen molar-refractivity contribution in [2.45, 2.75) is 20.4 Å². The highest BCUT2D eigenvalue weighted by Gasteiger charge is 2.22. The summed E-state index contributed by atoms with van der Waals surface area (Å²) in [6.07, 6.45) is 1.75. The first-order valence-corrected chi connectivity index (χ1v) is 6.33. The molecule has 0 aliphatic heterocycles. The van der Waals surface area contributed by atoms with Crippen LogP contribution >= 0.6 is 0 Å². The van der Waals surface area contributed by atoms with Gasteiger partial charge in [0.25, 0.3) is 5.91 Å². The van der Waals surface area contributed by atoms with E-state index in [1.54, 1.807) is 18.2 Å². The summed E-state index contributed by atoms with van der Waals surface area (Å²) in [5.74, 6) is -0.848. The van der Waals surface area contributed by atoms with Crippen LogP contribution in [0.4, 0.5) is 4.39 Å². The predicted octanol–water partition coefficient (Wildman–Crippen LogP) is 3.20. The molecule has 2 rings (SSSR count). The summed E-state index contributed by atoms with van der Waals surface area (Å²) in [7, 11) is 0. The molecular formula is C16H17FN2O. The van der Waals surface area contributed by atoms with E-state index >= 15 is 0 Å². The molecule has 2 N–H and O–H groups in total.